The first-order valence-corrected chi connectivity index (χ1v) is 6.67. The number of aliphatic carboxylic acids is 1. The van der Waals surface area contributed by atoms with Gasteiger partial charge in [-0.05, 0) is 18.8 Å². The van der Waals surface area contributed by atoms with E-state index in [-0.39, 0.29) is 12.0 Å². The fraction of sp³-hybridized carbons (Fsp3) is 0.923. The van der Waals surface area contributed by atoms with Crippen molar-refractivity contribution in [2.45, 2.75) is 44.6 Å². The van der Waals surface area contributed by atoms with Gasteiger partial charge in [0.1, 0.15) is 0 Å². The minimum atomic E-state index is -0.661. The van der Waals surface area contributed by atoms with E-state index in [0.29, 0.717) is 5.92 Å². The lowest BCUT2D eigenvalue weighted by molar-refractivity contribution is -0.143. The predicted octanol–water partition coefficient (Wildman–Crippen LogP) is 1.74. The average molecular weight is 241 g/mol. The van der Waals surface area contributed by atoms with E-state index < -0.39 is 5.97 Å². The third-order valence-corrected chi connectivity index (χ3v) is 4.23. The lowest BCUT2D eigenvalue weighted by Crippen LogP contribution is -2.56. The maximum Gasteiger partial charge on any atom is 0.305 e. The van der Waals surface area contributed by atoms with Crippen LogP contribution in [0.15, 0.2) is 0 Å². The normalized spacial score (nSPS) is 35.7. The number of carboxylic acids is 1. The quantitative estimate of drug-likeness (QED) is 0.817. The van der Waals surface area contributed by atoms with Gasteiger partial charge < -0.3 is 9.84 Å². The van der Waals surface area contributed by atoms with Crippen molar-refractivity contribution in [3.05, 3.63) is 0 Å². The van der Waals surface area contributed by atoms with Crippen molar-refractivity contribution in [3.8, 4) is 0 Å². The number of carbonyl (C=O) groups is 1. The summed E-state index contributed by atoms with van der Waals surface area (Å²) in [6.45, 7) is 5.52. The summed E-state index contributed by atoms with van der Waals surface area (Å²) in [5.41, 5.74) is -0.104. The van der Waals surface area contributed by atoms with Crippen LogP contribution in [0, 0.1) is 5.92 Å². The Morgan fingerprint density at radius 1 is 1.47 bits per heavy atom. The van der Waals surface area contributed by atoms with Gasteiger partial charge in [-0.15, -0.1) is 0 Å². The molecule has 0 aromatic carbocycles. The van der Waals surface area contributed by atoms with E-state index in [1.54, 1.807) is 0 Å². The summed E-state index contributed by atoms with van der Waals surface area (Å²) in [5.74, 6) is -0.0171. The van der Waals surface area contributed by atoms with Gasteiger partial charge in [-0.3, -0.25) is 9.69 Å². The third-order valence-electron chi connectivity index (χ3n) is 4.23. The Balaban J connectivity index is 2.12. The molecule has 0 aromatic rings. The molecule has 98 valence electrons. The van der Waals surface area contributed by atoms with Crippen LogP contribution < -0.4 is 0 Å². The zero-order valence-electron chi connectivity index (χ0n) is 10.7. The van der Waals surface area contributed by atoms with Crippen molar-refractivity contribution in [1.29, 1.82) is 0 Å². The van der Waals surface area contributed by atoms with Crippen LogP contribution >= 0.6 is 0 Å². The van der Waals surface area contributed by atoms with Gasteiger partial charge in [0, 0.05) is 18.6 Å². The van der Waals surface area contributed by atoms with Crippen molar-refractivity contribution < 1.29 is 14.6 Å². The molecule has 0 amide bonds. The molecule has 0 spiro atoms. The maximum atomic E-state index is 11.2. The largest absolute Gasteiger partial charge is 0.481 e. The lowest BCUT2D eigenvalue weighted by Gasteiger charge is -2.49. The van der Waals surface area contributed by atoms with Gasteiger partial charge >= 0.3 is 5.97 Å². The smallest absolute Gasteiger partial charge is 0.305 e. The van der Waals surface area contributed by atoms with Crippen LogP contribution in [0.4, 0.5) is 0 Å². The predicted molar refractivity (Wildman–Crippen MR) is 65.0 cm³/mol. The van der Waals surface area contributed by atoms with E-state index in [1.807, 2.05) is 0 Å². The summed E-state index contributed by atoms with van der Waals surface area (Å²) in [6.07, 6.45) is 4.75. The Labute approximate surface area is 103 Å². The van der Waals surface area contributed by atoms with Crippen LogP contribution in [0.25, 0.3) is 0 Å². The molecule has 1 aliphatic heterocycles. The number of carboxylic acid groups (broad SMARTS) is 1. The first-order chi connectivity index (χ1) is 8.12. The second-order valence-corrected chi connectivity index (χ2v) is 5.60. The minimum Gasteiger partial charge on any atom is -0.481 e. The van der Waals surface area contributed by atoms with Crippen LogP contribution in [0.2, 0.25) is 0 Å². The van der Waals surface area contributed by atoms with Crippen molar-refractivity contribution in [1.82, 2.24) is 4.90 Å². The molecule has 0 radical (unpaired) electrons. The highest BCUT2D eigenvalue weighted by molar-refractivity contribution is 5.68. The highest BCUT2D eigenvalue weighted by Crippen LogP contribution is 2.39. The lowest BCUT2D eigenvalue weighted by atomic mass is 9.73. The highest BCUT2D eigenvalue weighted by Gasteiger charge is 2.42. The Morgan fingerprint density at radius 3 is 2.76 bits per heavy atom. The van der Waals surface area contributed by atoms with Gasteiger partial charge in [-0.2, -0.15) is 0 Å². The van der Waals surface area contributed by atoms with Crippen molar-refractivity contribution in [2.75, 3.05) is 26.3 Å². The summed E-state index contributed by atoms with van der Waals surface area (Å²) >= 11 is 0. The molecule has 4 nitrogen and oxygen atoms in total. The van der Waals surface area contributed by atoms with E-state index in [4.69, 9.17) is 4.74 Å². The molecule has 0 bridgehead atoms. The monoisotopic (exact) mass is 241 g/mol. The van der Waals surface area contributed by atoms with E-state index >= 15 is 0 Å². The summed E-state index contributed by atoms with van der Waals surface area (Å²) in [5, 5.41) is 9.19. The van der Waals surface area contributed by atoms with Crippen molar-refractivity contribution in [3.63, 3.8) is 0 Å². The van der Waals surface area contributed by atoms with Crippen LogP contribution in [0.5, 0.6) is 0 Å². The van der Waals surface area contributed by atoms with E-state index in [0.717, 1.165) is 45.6 Å². The van der Waals surface area contributed by atoms with Gasteiger partial charge in [0.15, 0.2) is 0 Å². The van der Waals surface area contributed by atoms with Crippen LogP contribution in [0.1, 0.15) is 39.0 Å². The van der Waals surface area contributed by atoms with Crippen LogP contribution in [-0.4, -0.2) is 47.8 Å². The SMILES string of the molecule is CC1CCCC(CC(=O)O)(N2CCOCC2)C1. The Morgan fingerprint density at radius 2 is 2.18 bits per heavy atom. The maximum absolute atomic E-state index is 11.2. The van der Waals surface area contributed by atoms with Crippen LogP contribution in [-0.2, 0) is 9.53 Å². The van der Waals surface area contributed by atoms with Crippen molar-refractivity contribution in [2.24, 2.45) is 5.92 Å². The molecule has 1 saturated carbocycles. The minimum absolute atomic E-state index is 0.104. The third kappa shape index (κ3) is 2.99. The van der Waals surface area contributed by atoms with Crippen molar-refractivity contribution >= 4 is 5.97 Å². The first kappa shape index (κ1) is 12.8. The molecule has 1 aliphatic carbocycles. The zero-order chi connectivity index (χ0) is 12.3. The second-order valence-electron chi connectivity index (χ2n) is 5.60. The van der Waals surface area contributed by atoms with Crippen LogP contribution in [0.3, 0.4) is 0 Å². The molecule has 1 saturated heterocycles. The molecule has 4 heteroatoms. The molecular formula is C13H23NO3. The van der Waals surface area contributed by atoms with Gasteiger partial charge in [0.2, 0.25) is 0 Å². The zero-order valence-corrected chi connectivity index (χ0v) is 10.7. The molecule has 1 heterocycles. The summed E-state index contributed by atoms with van der Waals surface area (Å²) in [6, 6.07) is 0. The number of morpholine rings is 1. The molecule has 0 aromatic heterocycles. The highest BCUT2D eigenvalue weighted by atomic mass is 16.5. The molecule has 2 rings (SSSR count). The summed E-state index contributed by atoms with van der Waals surface area (Å²) in [7, 11) is 0. The molecule has 17 heavy (non-hydrogen) atoms. The number of hydrogen-bond donors (Lipinski definition) is 1. The molecule has 2 fully saturated rings. The second kappa shape index (κ2) is 5.36. The number of rotatable bonds is 3. The average Bonchev–Trinajstić information content (AvgIpc) is 2.29. The first-order valence-electron chi connectivity index (χ1n) is 6.67. The van der Waals surface area contributed by atoms with E-state index in [2.05, 4.69) is 11.8 Å². The van der Waals surface area contributed by atoms with E-state index in [1.165, 1.54) is 6.42 Å². The van der Waals surface area contributed by atoms with Gasteiger partial charge in [0.05, 0.1) is 19.6 Å². The molecular weight excluding hydrogens is 218 g/mol. The van der Waals surface area contributed by atoms with Gasteiger partial charge in [0.25, 0.3) is 0 Å². The number of ether oxygens (including phenoxy) is 1. The van der Waals surface area contributed by atoms with E-state index in [9.17, 15) is 9.90 Å². The van der Waals surface area contributed by atoms with Gasteiger partial charge in [-0.1, -0.05) is 19.8 Å². The number of nitrogens with zero attached hydrogens (tertiary/aromatic N) is 1. The standard InChI is InChI=1S/C13H23NO3/c1-11-3-2-4-13(9-11,10-12(15)16)14-5-7-17-8-6-14/h11H,2-10H2,1H3,(H,15,16). The topological polar surface area (TPSA) is 49.8 Å². The Bertz CT molecular complexity index is 276. The molecule has 2 aliphatic rings. The summed E-state index contributed by atoms with van der Waals surface area (Å²) < 4.78 is 5.38. The summed E-state index contributed by atoms with van der Waals surface area (Å²) in [4.78, 5) is 13.5. The fourth-order valence-electron chi connectivity index (χ4n) is 3.51. The molecule has 1 N–H and O–H groups in total. The fourth-order valence-corrected chi connectivity index (χ4v) is 3.51. The molecule has 2 unspecified atom stereocenters. The van der Waals surface area contributed by atoms with Gasteiger partial charge in [-0.25, -0.2) is 0 Å². The Hall–Kier alpha value is -0.610. The Kier molecular flexibility index (Phi) is 4.05. The molecule has 2 atom stereocenters. The number of hydrogen-bond acceptors (Lipinski definition) is 3.